The van der Waals surface area contributed by atoms with E-state index in [9.17, 15) is 14.4 Å². The van der Waals surface area contributed by atoms with Gasteiger partial charge in [0.1, 0.15) is 9.88 Å². The highest BCUT2D eigenvalue weighted by Gasteiger charge is 2.19. The summed E-state index contributed by atoms with van der Waals surface area (Å²) in [6, 6.07) is 13.9. The van der Waals surface area contributed by atoms with Crippen molar-refractivity contribution in [2.24, 2.45) is 5.73 Å². The van der Waals surface area contributed by atoms with E-state index < -0.39 is 11.8 Å². The number of amides is 3. The third kappa shape index (κ3) is 5.22. The highest BCUT2D eigenvalue weighted by atomic mass is 35.5. The van der Waals surface area contributed by atoms with Crippen LogP contribution in [-0.4, -0.2) is 29.3 Å². The maximum Gasteiger partial charge on any atom is 0.267 e. The van der Waals surface area contributed by atoms with E-state index in [1.165, 1.54) is 11.3 Å². The molecule has 0 bridgehead atoms. The molecule has 0 unspecified atom stereocenters. The molecule has 0 saturated heterocycles. The van der Waals surface area contributed by atoms with Crippen molar-refractivity contribution >= 4 is 46.3 Å². The van der Waals surface area contributed by atoms with Crippen LogP contribution in [-0.2, 0) is 4.79 Å². The average molecular weight is 443 g/mol. The molecular formula is C21H19ClN4O3S. The van der Waals surface area contributed by atoms with Crippen molar-refractivity contribution in [2.45, 2.75) is 13.3 Å². The smallest absolute Gasteiger partial charge is 0.267 e. The minimum atomic E-state index is -0.506. The molecule has 7 nitrogen and oxygen atoms in total. The van der Waals surface area contributed by atoms with Gasteiger partial charge in [-0.05, 0) is 31.2 Å². The summed E-state index contributed by atoms with van der Waals surface area (Å²) >= 11 is 7.29. The van der Waals surface area contributed by atoms with Gasteiger partial charge in [0.15, 0.2) is 0 Å². The molecule has 1 heterocycles. The zero-order chi connectivity index (χ0) is 21.7. The topological polar surface area (TPSA) is 114 Å². The third-order valence-corrected chi connectivity index (χ3v) is 5.59. The van der Waals surface area contributed by atoms with Crippen molar-refractivity contribution in [3.05, 3.63) is 69.7 Å². The second-order valence-corrected chi connectivity index (χ2v) is 7.85. The van der Waals surface area contributed by atoms with Crippen LogP contribution in [0.1, 0.15) is 32.1 Å². The molecule has 0 aliphatic carbocycles. The van der Waals surface area contributed by atoms with Crippen molar-refractivity contribution < 1.29 is 14.4 Å². The second-order valence-electron chi connectivity index (χ2n) is 6.42. The molecule has 0 spiro atoms. The molecule has 0 atom stereocenters. The minimum absolute atomic E-state index is 0.0343. The lowest BCUT2D eigenvalue weighted by molar-refractivity contribution is -0.117. The van der Waals surface area contributed by atoms with Crippen molar-refractivity contribution in [2.75, 3.05) is 11.9 Å². The number of hydrogen-bond acceptors (Lipinski definition) is 5. The average Bonchev–Trinajstić information content (AvgIpc) is 3.10. The number of primary amides is 1. The number of carbonyl (C=O) groups is 3. The Labute approximate surface area is 182 Å². The van der Waals surface area contributed by atoms with Crippen LogP contribution in [0, 0.1) is 6.92 Å². The molecule has 9 heteroatoms. The first-order valence-electron chi connectivity index (χ1n) is 9.05. The van der Waals surface area contributed by atoms with Crippen LogP contribution >= 0.6 is 22.9 Å². The molecule has 4 N–H and O–H groups in total. The fraction of sp³-hybridized carbons (Fsp3) is 0.143. The molecular weight excluding hydrogens is 424 g/mol. The molecule has 0 aliphatic rings. The molecule has 3 amide bonds. The van der Waals surface area contributed by atoms with E-state index in [4.69, 9.17) is 17.3 Å². The molecule has 1 aromatic heterocycles. The first-order valence-corrected chi connectivity index (χ1v) is 10.2. The van der Waals surface area contributed by atoms with Gasteiger partial charge >= 0.3 is 0 Å². The Morgan fingerprint density at radius 1 is 1.10 bits per heavy atom. The van der Waals surface area contributed by atoms with E-state index in [1.54, 1.807) is 43.3 Å². The number of para-hydroxylation sites is 1. The Balaban J connectivity index is 1.78. The van der Waals surface area contributed by atoms with E-state index in [2.05, 4.69) is 15.6 Å². The second kappa shape index (κ2) is 9.51. The normalized spacial score (nSPS) is 10.5. The quantitative estimate of drug-likeness (QED) is 0.518. The van der Waals surface area contributed by atoms with Crippen LogP contribution in [0.2, 0.25) is 5.02 Å². The zero-order valence-corrected chi connectivity index (χ0v) is 17.6. The Morgan fingerprint density at radius 3 is 2.60 bits per heavy atom. The van der Waals surface area contributed by atoms with E-state index in [0.29, 0.717) is 26.3 Å². The first kappa shape index (κ1) is 21.5. The Bertz CT molecular complexity index is 1110. The number of carbonyl (C=O) groups excluding carboxylic acids is 3. The van der Waals surface area contributed by atoms with E-state index in [1.807, 2.05) is 12.1 Å². The number of halogens is 1. The number of aryl methyl sites for hydroxylation is 1. The lowest BCUT2D eigenvalue weighted by Crippen LogP contribution is -2.28. The fourth-order valence-electron chi connectivity index (χ4n) is 2.72. The first-order chi connectivity index (χ1) is 14.3. The van der Waals surface area contributed by atoms with Gasteiger partial charge in [0.2, 0.25) is 5.91 Å². The van der Waals surface area contributed by atoms with Gasteiger partial charge < -0.3 is 16.4 Å². The van der Waals surface area contributed by atoms with Gasteiger partial charge in [0, 0.05) is 23.6 Å². The Morgan fingerprint density at radius 2 is 1.87 bits per heavy atom. The summed E-state index contributed by atoms with van der Waals surface area (Å²) in [5.74, 6) is -1.28. The zero-order valence-electron chi connectivity index (χ0n) is 16.1. The number of anilines is 1. The summed E-state index contributed by atoms with van der Waals surface area (Å²) in [4.78, 5) is 41.0. The number of thiazole rings is 1. The summed E-state index contributed by atoms with van der Waals surface area (Å²) in [5, 5.41) is 6.65. The van der Waals surface area contributed by atoms with Crippen LogP contribution in [0.3, 0.4) is 0 Å². The van der Waals surface area contributed by atoms with E-state index in [-0.39, 0.29) is 24.4 Å². The number of nitrogens with one attached hydrogen (secondary N) is 2. The SMILES string of the molecule is Cc1nc(-c2cccc(Cl)c2)sc1C(=O)Nc1ccccc1C(=O)NCCC(N)=O. The van der Waals surface area contributed by atoms with Crippen LogP contribution in [0.15, 0.2) is 48.5 Å². The van der Waals surface area contributed by atoms with Crippen LogP contribution in [0.25, 0.3) is 10.6 Å². The van der Waals surface area contributed by atoms with Crippen molar-refractivity contribution in [3.63, 3.8) is 0 Å². The van der Waals surface area contributed by atoms with Gasteiger partial charge in [-0.2, -0.15) is 0 Å². The molecule has 2 aromatic carbocycles. The summed E-state index contributed by atoms with van der Waals surface area (Å²) in [7, 11) is 0. The largest absolute Gasteiger partial charge is 0.370 e. The third-order valence-electron chi connectivity index (χ3n) is 4.15. The van der Waals surface area contributed by atoms with Crippen LogP contribution < -0.4 is 16.4 Å². The Hall–Kier alpha value is -3.23. The monoisotopic (exact) mass is 442 g/mol. The number of nitrogens with two attached hydrogens (primary N) is 1. The molecule has 0 radical (unpaired) electrons. The van der Waals surface area contributed by atoms with E-state index in [0.717, 1.165) is 5.56 Å². The summed E-state index contributed by atoms with van der Waals surface area (Å²) in [5.41, 5.74) is 7.13. The molecule has 0 aliphatic heterocycles. The van der Waals surface area contributed by atoms with Gasteiger partial charge in [-0.1, -0.05) is 35.9 Å². The molecule has 0 saturated carbocycles. The molecule has 0 fully saturated rings. The number of rotatable bonds is 7. The number of benzene rings is 2. The highest BCUT2D eigenvalue weighted by molar-refractivity contribution is 7.17. The molecule has 3 aromatic rings. The number of hydrogen-bond donors (Lipinski definition) is 3. The lowest BCUT2D eigenvalue weighted by Gasteiger charge is -2.10. The summed E-state index contributed by atoms with van der Waals surface area (Å²) < 4.78 is 0. The Kier molecular flexibility index (Phi) is 6.81. The highest BCUT2D eigenvalue weighted by Crippen LogP contribution is 2.30. The van der Waals surface area contributed by atoms with Crippen molar-refractivity contribution in [1.29, 1.82) is 0 Å². The van der Waals surface area contributed by atoms with Crippen LogP contribution in [0.4, 0.5) is 5.69 Å². The fourth-order valence-corrected chi connectivity index (χ4v) is 3.86. The molecule has 3 rings (SSSR count). The van der Waals surface area contributed by atoms with Gasteiger partial charge in [0.25, 0.3) is 11.8 Å². The maximum atomic E-state index is 12.9. The molecule has 30 heavy (non-hydrogen) atoms. The van der Waals surface area contributed by atoms with Gasteiger partial charge in [0.05, 0.1) is 16.9 Å². The molecule has 154 valence electrons. The van der Waals surface area contributed by atoms with Crippen molar-refractivity contribution in [3.8, 4) is 10.6 Å². The van der Waals surface area contributed by atoms with E-state index >= 15 is 0 Å². The van der Waals surface area contributed by atoms with Gasteiger partial charge in [-0.15, -0.1) is 11.3 Å². The number of nitrogens with zero attached hydrogens (tertiary/aromatic N) is 1. The summed E-state index contributed by atoms with van der Waals surface area (Å²) in [6.45, 7) is 1.87. The maximum absolute atomic E-state index is 12.9. The lowest BCUT2D eigenvalue weighted by atomic mass is 10.1. The predicted octanol–water partition coefficient (Wildman–Crippen LogP) is 3.63. The van der Waals surface area contributed by atoms with Crippen molar-refractivity contribution in [1.82, 2.24) is 10.3 Å². The standard InChI is InChI=1S/C21H19ClN4O3S/c1-12-18(30-21(25-12)13-5-4-6-14(22)11-13)20(29)26-16-8-3-2-7-15(16)19(28)24-10-9-17(23)27/h2-8,11H,9-10H2,1H3,(H2,23,27)(H,24,28)(H,26,29). The summed E-state index contributed by atoms with van der Waals surface area (Å²) in [6.07, 6.45) is 0.0343. The van der Waals surface area contributed by atoms with Crippen LogP contribution in [0.5, 0.6) is 0 Å². The van der Waals surface area contributed by atoms with Gasteiger partial charge in [-0.25, -0.2) is 4.98 Å². The van der Waals surface area contributed by atoms with Gasteiger partial charge in [-0.3, -0.25) is 14.4 Å². The number of aromatic nitrogens is 1. The predicted molar refractivity (Wildman–Crippen MR) is 118 cm³/mol. The minimum Gasteiger partial charge on any atom is -0.370 e.